The molecule has 158 valence electrons. The Bertz CT molecular complexity index is 1240. The van der Waals surface area contributed by atoms with Gasteiger partial charge in [-0.15, -0.1) is 0 Å². The zero-order chi connectivity index (χ0) is 22.0. The van der Waals surface area contributed by atoms with Gasteiger partial charge in [0.2, 0.25) is 0 Å². The summed E-state index contributed by atoms with van der Waals surface area (Å²) in [5.74, 6) is -2.46. The van der Waals surface area contributed by atoms with Gasteiger partial charge in [0.15, 0.2) is 5.56 Å². The predicted molar refractivity (Wildman–Crippen MR) is 105 cm³/mol. The first-order valence-electron chi connectivity index (χ1n) is 9.30. The number of fused-ring (bicyclic) bond motifs is 5. The summed E-state index contributed by atoms with van der Waals surface area (Å²) in [7, 11) is 0. The standard InChI is InChI=1S/C21H20F2N2O5/c1-21(2,3)10-8-25-11-5-4-6-13(30-20(22)23)9(11)7-12(25)16-14(10)17(26)15(19(28)29)18(27)24-16/h4-7,10,20H,8H2,1-3H3,(H,28,29)(H2,24,26,27). The number of hydrogen-bond acceptors (Lipinski definition) is 4. The zero-order valence-electron chi connectivity index (χ0n) is 16.5. The van der Waals surface area contributed by atoms with Crippen molar-refractivity contribution < 1.29 is 28.5 Å². The van der Waals surface area contributed by atoms with Gasteiger partial charge in [-0.1, -0.05) is 26.8 Å². The lowest BCUT2D eigenvalue weighted by molar-refractivity contribution is -0.0488. The quantitative estimate of drug-likeness (QED) is 0.593. The average Bonchev–Trinajstić information content (AvgIpc) is 2.99. The number of carboxylic acids is 1. The minimum Gasteiger partial charge on any atom is -0.506 e. The molecule has 9 heteroatoms. The van der Waals surface area contributed by atoms with Crippen LogP contribution in [0.1, 0.15) is 42.6 Å². The Morgan fingerprint density at radius 2 is 2.03 bits per heavy atom. The SMILES string of the molecule is CC(C)(C)C1Cn2c(cc3c(OC(F)F)cccc32)-c2[nH]c(=O)c(C(=O)O)c(O)c21. The second-order valence-electron chi connectivity index (χ2n) is 8.40. The average molecular weight is 418 g/mol. The number of pyridine rings is 1. The number of hydrogen-bond donors (Lipinski definition) is 3. The second kappa shape index (κ2) is 6.58. The molecule has 1 aliphatic heterocycles. The number of benzene rings is 1. The van der Waals surface area contributed by atoms with E-state index in [1.54, 1.807) is 18.2 Å². The summed E-state index contributed by atoms with van der Waals surface area (Å²) in [4.78, 5) is 26.6. The maximum atomic E-state index is 12.8. The van der Waals surface area contributed by atoms with Crippen molar-refractivity contribution in [3.05, 3.63) is 45.7 Å². The van der Waals surface area contributed by atoms with Gasteiger partial charge in [0.25, 0.3) is 5.56 Å². The van der Waals surface area contributed by atoms with Crippen molar-refractivity contribution in [1.29, 1.82) is 0 Å². The highest BCUT2D eigenvalue weighted by atomic mass is 19.3. The van der Waals surface area contributed by atoms with Crippen molar-refractivity contribution in [2.45, 2.75) is 39.8 Å². The largest absolute Gasteiger partial charge is 0.506 e. The van der Waals surface area contributed by atoms with Gasteiger partial charge in [0.05, 0.1) is 16.9 Å². The Kier molecular flexibility index (Phi) is 4.37. The number of nitrogens with zero attached hydrogens (tertiary/aromatic N) is 1. The molecule has 0 saturated carbocycles. The first-order valence-corrected chi connectivity index (χ1v) is 9.30. The summed E-state index contributed by atoms with van der Waals surface area (Å²) in [5, 5.41) is 20.6. The molecule has 1 atom stereocenters. The van der Waals surface area contributed by atoms with Crippen molar-refractivity contribution in [3.8, 4) is 22.9 Å². The number of aromatic hydroxyl groups is 1. The van der Waals surface area contributed by atoms with E-state index in [-0.39, 0.29) is 17.4 Å². The molecule has 3 aromatic rings. The number of ether oxygens (including phenoxy) is 1. The van der Waals surface area contributed by atoms with Crippen LogP contribution in [-0.4, -0.2) is 32.3 Å². The lowest BCUT2D eigenvalue weighted by atomic mass is 9.73. The van der Waals surface area contributed by atoms with E-state index in [0.29, 0.717) is 28.7 Å². The molecule has 2 aromatic heterocycles. The molecule has 4 rings (SSSR count). The molecule has 3 heterocycles. The lowest BCUT2D eigenvalue weighted by Gasteiger charge is -2.37. The van der Waals surface area contributed by atoms with E-state index in [2.05, 4.69) is 9.72 Å². The topological polar surface area (TPSA) is 105 Å². The van der Waals surface area contributed by atoms with Crippen LogP contribution >= 0.6 is 0 Å². The number of carbonyl (C=O) groups is 1. The van der Waals surface area contributed by atoms with Gasteiger partial charge < -0.3 is 24.5 Å². The van der Waals surface area contributed by atoms with E-state index in [0.717, 1.165) is 0 Å². The van der Waals surface area contributed by atoms with Crippen molar-refractivity contribution in [2.75, 3.05) is 0 Å². The minimum atomic E-state index is -3.00. The van der Waals surface area contributed by atoms with Crippen LogP contribution < -0.4 is 10.3 Å². The molecule has 7 nitrogen and oxygen atoms in total. The van der Waals surface area contributed by atoms with E-state index in [1.807, 2.05) is 25.3 Å². The minimum absolute atomic E-state index is 0.00742. The highest BCUT2D eigenvalue weighted by Crippen LogP contribution is 2.50. The molecule has 0 saturated heterocycles. The summed E-state index contributed by atoms with van der Waals surface area (Å²) < 4.78 is 32.2. The summed E-state index contributed by atoms with van der Waals surface area (Å²) >= 11 is 0. The fraction of sp³-hybridized carbons (Fsp3) is 0.333. The molecule has 0 fully saturated rings. The molecule has 0 spiro atoms. The van der Waals surface area contributed by atoms with Gasteiger partial charge in [-0.3, -0.25) is 4.79 Å². The molecular formula is C21H20F2N2O5. The summed E-state index contributed by atoms with van der Waals surface area (Å²) in [6.45, 7) is 3.17. The number of halogens is 2. The van der Waals surface area contributed by atoms with Gasteiger partial charge in [-0.05, 0) is 23.6 Å². The third-order valence-electron chi connectivity index (χ3n) is 5.58. The van der Waals surface area contributed by atoms with Crippen LogP contribution in [0.15, 0.2) is 29.1 Å². The third kappa shape index (κ3) is 2.92. The maximum absolute atomic E-state index is 12.8. The lowest BCUT2D eigenvalue weighted by Crippen LogP contribution is -2.31. The number of alkyl halides is 2. The van der Waals surface area contributed by atoms with Crippen molar-refractivity contribution >= 4 is 16.9 Å². The maximum Gasteiger partial charge on any atom is 0.387 e. The number of rotatable bonds is 3. The molecule has 0 radical (unpaired) electrons. The van der Waals surface area contributed by atoms with Crippen LogP contribution in [0.25, 0.3) is 22.3 Å². The molecule has 1 aliphatic rings. The Balaban J connectivity index is 2.08. The van der Waals surface area contributed by atoms with Crippen LogP contribution in [0.2, 0.25) is 0 Å². The van der Waals surface area contributed by atoms with Crippen LogP contribution in [0, 0.1) is 5.41 Å². The van der Waals surface area contributed by atoms with Gasteiger partial charge in [0, 0.05) is 23.4 Å². The third-order valence-corrected chi connectivity index (χ3v) is 5.58. The normalized spacial score (nSPS) is 15.9. The van der Waals surface area contributed by atoms with Crippen LogP contribution in [-0.2, 0) is 6.54 Å². The van der Waals surface area contributed by atoms with Crippen LogP contribution in [0.3, 0.4) is 0 Å². The summed E-state index contributed by atoms with van der Waals surface area (Å²) in [6, 6.07) is 6.38. The summed E-state index contributed by atoms with van der Waals surface area (Å²) in [5.41, 5.74) is -0.352. The first kappa shape index (κ1) is 19.9. The number of carboxylic acid groups (broad SMARTS) is 1. The molecule has 1 unspecified atom stereocenters. The van der Waals surface area contributed by atoms with Crippen molar-refractivity contribution in [1.82, 2.24) is 9.55 Å². The molecular weight excluding hydrogens is 398 g/mol. The van der Waals surface area contributed by atoms with Gasteiger partial charge >= 0.3 is 12.6 Å². The number of nitrogens with one attached hydrogen (secondary N) is 1. The fourth-order valence-corrected chi connectivity index (χ4v) is 4.18. The predicted octanol–water partition coefficient (Wildman–Crippen LogP) is 4.15. The fourth-order valence-electron chi connectivity index (χ4n) is 4.18. The van der Waals surface area contributed by atoms with E-state index in [4.69, 9.17) is 0 Å². The molecule has 0 amide bonds. The Hall–Kier alpha value is -3.36. The Morgan fingerprint density at radius 3 is 2.63 bits per heavy atom. The van der Waals surface area contributed by atoms with E-state index < -0.39 is 34.9 Å². The smallest absolute Gasteiger partial charge is 0.387 e. The first-order chi connectivity index (χ1) is 14.0. The highest BCUT2D eigenvalue weighted by molar-refractivity contribution is 5.95. The molecule has 0 aliphatic carbocycles. The molecule has 3 N–H and O–H groups in total. The number of H-pyrrole nitrogens is 1. The van der Waals surface area contributed by atoms with Crippen LogP contribution in [0.4, 0.5) is 8.78 Å². The zero-order valence-corrected chi connectivity index (χ0v) is 16.5. The number of aromatic amines is 1. The van der Waals surface area contributed by atoms with Crippen LogP contribution in [0.5, 0.6) is 11.5 Å². The van der Waals surface area contributed by atoms with E-state index >= 15 is 0 Å². The summed E-state index contributed by atoms with van der Waals surface area (Å²) in [6.07, 6.45) is 0. The molecule has 1 aromatic carbocycles. The number of aromatic carboxylic acids is 1. The number of aromatic nitrogens is 2. The van der Waals surface area contributed by atoms with E-state index in [9.17, 15) is 28.6 Å². The van der Waals surface area contributed by atoms with Crippen molar-refractivity contribution in [2.24, 2.45) is 5.41 Å². The van der Waals surface area contributed by atoms with E-state index in [1.165, 1.54) is 6.07 Å². The van der Waals surface area contributed by atoms with Gasteiger partial charge in [0.1, 0.15) is 11.5 Å². The van der Waals surface area contributed by atoms with Gasteiger partial charge in [-0.2, -0.15) is 8.78 Å². The highest BCUT2D eigenvalue weighted by Gasteiger charge is 2.39. The Labute approximate surface area is 169 Å². The van der Waals surface area contributed by atoms with Crippen molar-refractivity contribution in [3.63, 3.8) is 0 Å². The van der Waals surface area contributed by atoms with Gasteiger partial charge in [-0.25, -0.2) is 4.79 Å². The Morgan fingerprint density at radius 1 is 1.33 bits per heavy atom. The molecule has 0 bridgehead atoms. The second-order valence-corrected chi connectivity index (χ2v) is 8.40. The molecule has 30 heavy (non-hydrogen) atoms. The monoisotopic (exact) mass is 418 g/mol.